The third-order valence-electron chi connectivity index (χ3n) is 6.79. The molecule has 180 valence electrons. The lowest BCUT2D eigenvalue weighted by Crippen LogP contribution is -2.46. The predicted molar refractivity (Wildman–Crippen MR) is 125 cm³/mol. The van der Waals surface area contributed by atoms with E-state index < -0.39 is 34.6 Å². The smallest absolute Gasteiger partial charge is 0.279 e. The molecule has 1 aromatic heterocycles. The van der Waals surface area contributed by atoms with Gasteiger partial charge in [0.05, 0.1) is 6.04 Å². The van der Waals surface area contributed by atoms with Gasteiger partial charge in [-0.2, -0.15) is 0 Å². The molecule has 0 radical (unpaired) electrons. The maximum atomic E-state index is 14.3. The SMILES string of the molecule is Cc1c(F)ccc(CNC(=O)c2cn3c(c(O)c2=O)C(=O)N2CC3CCCc3ccccc32)c1F. The minimum absolute atomic E-state index is 0.0593. The predicted octanol–water partition coefficient (Wildman–Crippen LogP) is 3.61. The number of hydrogen-bond acceptors (Lipinski definition) is 4. The second-order valence-electron chi connectivity index (χ2n) is 8.90. The zero-order valence-corrected chi connectivity index (χ0v) is 19.0. The minimum Gasteiger partial charge on any atom is -0.503 e. The highest BCUT2D eigenvalue weighted by molar-refractivity contribution is 6.08. The van der Waals surface area contributed by atoms with E-state index in [9.17, 15) is 28.3 Å². The van der Waals surface area contributed by atoms with E-state index in [0.717, 1.165) is 30.2 Å². The van der Waals surface area contributed by atoms with Crippen LogP contribution in [0.1, 0.15) is 56.4 Å². The van der Waals surface area contributed by atoms with Gasteiger partial charge in [-0.05, 0) is 43.9 Å². The third-order valence-corrected chi connectivity index (χ3v) is 6.79. The number of aryl methyl sites for hydroxylation is 1. The summed E-state index contributed by atoms with van der Waals surface area (Å²) >= 11 is 0. The van der Waals surface area contributed by atoms with E-state index in [2.05, 4.69) is 5.32 Å². The molecule has 35 heavy (non-hydrogen) atoms. The lowest BCUT2D eigenvalue weighted by Gasteiger charge is -2.39. The van der Waals surface area contributed by atoms with Crippen LogP contribution in [-0.2, 0) is 13.0 Å². The van der Waals surface area contributed by atoms with Crippen molar-refractivity contribution in [1.29, 1.82) is 0 Å². The Kier molecular flexibility index (Phi) is 5.62. The summed E-state index contributed by atoms with van der Waals surface area (Å²) in [5, 5.41) is 13.2. The molecule has 1 unspecified atom stereocenters. The van der Waals surface area contributed by atoms with E-state index in [4.69, 9.17) is 0 Å². The van der Waals surface area contributed by atoms with Crippen molar-refractivity contribution in [2.45, 2.75) is 38.8 Å². The summed E-state index contributed by atoms with van der Waals surface area (Å²) in [5.41, 5.74) is 0.173. The zero-order chi connectivity index (χ0) is 24.9. The molecule has 2 amide bonds. The summed E-state index contributed by atoms with van der Waals surface area (Å²) < 4.78 is 29.3. The van der Waals surface area contributed by atoms with Gasteiger partial charge < -0.3 is 19.9 Å². The number of benzene rings is 2. The summed E-state index contributed by atoms with van der Waals surface area (Å²) in [6.07, 6.45) is 3.57. The number of nitrogens with one attached hydrogen (secondary N) is 1. The number of carbonyl (C=O) groups excluding carboxylic acids is 2. The van der Waals surface area contributed by atoms with Crippen molar-refractivity contribution in [3.8, 4) is 5.75 Å². The highest BCUT2D eigenvalue weighted by Gasteiger charge is 2.37. The van der Waals surface area contributed by atoms with Gasteiger partial charge in [0.15, 0.2) is 11.4 Å². The van der Waals surface area contributed by atoms with Gasteiger partial charge in [0.1, 0.15) is 17.2 Å². The molecular weight excluding hydrogens is 456 g/mol. The van der Waals surface area contributed by atoms with Crippen LogP contribution in [-0.4, -0.2) is 28.0 Å². The van der Waals surface area contributed by atoms with Gasteiger partial charge in [-0.15, -0.1) is 0 Å². The summed E-state index contributed by atoms with van der Waals surface area (Å²) in [6.45, 7) is 1.35. The normalized spacial score (nSPS) is 16.7. The van der Waals surface area contributed by atoms with Crippen molar-refractivity contribution in [1.82, 2.24) is 9.88 Å². The van der Waals surface area contributed by atoms with E-state index in [1.165, 1.54) is 23.8 Å². The third kappa shape index (κ3) is 3.77. The van der Waals surface area contributed by atoms with Gasteiger partial charge in [0, 0.05) is 36.1 Å². The summed E-state index contributed by atoms with van der Waals surface area (Å²) in [7, 11) is 0. The van der Waals surface area contributed by atoms with Crippen molar-refractivity contribution < 1.29 is 23.5 Å². The molecule has 0 aliphatic carbocycles. The van der Waals surface area contributed by atoms with E-state index >= 15 is 0 Å². The molecule has 2 aliphatic heterocycles. The number of anilines is 1. The number of rotatable bonds is 3. The topological polar surface area (TPSA) is 91.6 Å². The Labute approximate surface area is 199 Å². The molecule has 7 nitrogen and oxygen atoms in total. The first-order valence-electron chi connectivity index (χ1n) is 11.4. The van der Waals surface area contributed by atoms with Crippen LogP contribution in [0.2, 0.25) is 0 Å². The largest absolute Gasteiger partial charge is 0.503 e. The Hall–Kier alpha value is -4.01. The Morgan fingerprint density at radius 1 is 1.17 bits per heavy atom. The molecule has 2 aliphatic rings. The van der Waals surface area contributed by atoms with Crippen molar-refractivity contribution in [2.24, 2.45) is 0 Å². The number of pyridine rings is 1. The van der Waals surface area contributed by atoms with E-state index in [1.807, 2.05) is 24.3 Å². The lowest BCUT2D eigenvalue weighted by atomic mass is 9.95. The second kappa shape index (κ2) is 8.65. The Morgan fingerprint density at radius 3 is 2.74 bits per heavy atom. The Bertz CT molecular complexity index is 1430. The van der Waals surface area contributed by atoms with Crippen molar-refractivity contribution in [2.75, 3.05) is 11.4 Å². The fourth-order valence-electron chi connectivity index (χ4n) is 4.87. The first-order chi connectivity index (χ1) is 16.8. The number of para-hydroxylation sites is 1. The van der Waals surface area contributed by atoms with Crippen molar-refractivity contribution in [3.05, 3.63) is 92.4 Å². The molecule has 2 aromatic carbocycles. The van der Waals surface area contributed by atoms with Crippen LogP contribution in [0.25, 0.3) is 0 Å². The minimum atomic E-state index is -0.983. The van der Waals surface area contributed by atoms with Crippen molar-refractivity contribution in [3.63, 3.8) is 0 Å². The molecule has 0 fully saturated rings. The molecule has 3 heterocycles. The van der Waals surface area contributed by atoms with E-state index in [1.54, 1.807) is 4.90 Å². The summed E-state index contributed by atoms with van der Waals surface area (Å²) in [4.78, 5) is 40.7. The van der Waals surface area contributed by atoms with Gasteiger partial charge in [-0.25, -0.2) is 8.78 Å². The van der Waals surface area contributed by atoms with Crippen LogP contribution in [0, 0.1) is 18.6 Å². The molecule has 9 heteroatoms. The molecule has 2 bridgehead atoms. The fourth-order valence-corrected chi connectivity index (χ4v) is 4.87. The first-order valence-corrected chi connectivity index (χ1v) is 11.4. The number of hydrogen-bond donors (Lipinski definition) is 2. The second-order valence-corrected chi connectivity index (χ2v) is 8.90. The first kappa shape index (κ1) is 22.8. The number of nitrogens with zero attached hydrogens (tertiary/aromatic N) is 2. The van der Waals surface area contributed by atoms with Crippen LogP contribution in [0.4, 0.5) is 14.5 Å². The fraction of sp³-hybridized carbons (Fsp3) is 0.269. The maximum Gasteiger partial charge on any atom is 0.279 e. The van der Waals surface area contributed by atoms with Crippen molar-refractivity contribution >= 4 is 17.5 Å². The standard InChI is InChI=1S/C26H23F2N3O4/c1-14-19(27)10-9-16(21(14)28)11-29-25(34)18-13-30-17-7-4-6-15-5-2-3-8-20(15)31(12-17)26(35)22(30)24(33)23(18)32/h2-3,5,8-10,13,17,33H,4,6-7,11-12H2,1H3,(H,29,34). The van der Waals surface area contributed by atoms with Gasteiger partial charge >= 0.3 is 0 Å². The highest BCUT2D eigenvalue weighted by atomic mass is 19.1. The van der Waals surface area contributed by atoms with Gasteiger partial charge in [-0.3, -0.25) is 14.4 Å². The number of halogens is 2. The van der Waals surface area contributed by atoms with Crippen LogP contribution < -0.4 is 15.6 Å². The van der Waals surface area contributed by atoms with Gasteiger partial charge in [0.25, 0.3) is 11.8 Å². The number of aromatic hydroxyl groups is 1. The molecule has 3 aromatic rings. The summed E-state index contributed by atoms with van der Waals surface area (Å²) in [6, 6.07) is 9.63. The quantitative estimate of drug-likeness (QED) is 0.601. The number of fused-ring (bicyclic) bond motifs is 6. The molecular formula is C26H23F2N3O4. The Morgan fingerprint density at radius 2 is 1.94 bits per heavy atom. The van der Waals surface area contributed by atoms with Gasteiger partial charge in [0.2, 0.25) is 5.43 Å². The van der Waals surface area contributed by atoms with Crippen LogP contribution in [0.3, 0.4) is 0 Å². The molecule has 5 rings (SSSR count). The number of amides is 2. The van der Waals surface area contributed by atoms with Crippen LogP contribution in [0.5, 0.6) is 5.75 Å². The highest BCUT2D eigenvalue weighted by Crippen LogP contribution is 2.36. The van der Waals surface area contributed by atoms with Crippen LogP contribution in [0.15, 0.2) is 47.4 Å². The van der Waals surface area contributed by atoms with Crippen LogP contribution >= 0.6 is 0 Å². The zero-order valence-electron chi connectivity index (χ0n) is 19.0. The molecule has 1 atom stereocenters. The molecule has 0 saturated heterocycles. The summed E-state index contributed by atoms with van der Waals surface area (Å²) in [5.74, 6) is -3.61. The molecule has 2 N–H and O–H groups in total. The Balaban J connectivity index is 1.50. The number of carbonyl (C=O) groups is 2. The molecule has 0 spiro atoms. The average molecular weight is 479 g/mol. The number of aromatic nitrogens is 1. The van der Waals surface area contributed by atoms with E-state index in [-0.39, 0.29) is 35.0 Å². The monoisotopic (exact) mass is 479 g/mol. The molecule has 0 saturated carbocycles. The maximum absolute atomic E-state index is 14.3. The average Bonchev–Trinajstić information content (AvgIpc) is 2.84. The lowest BCUT2D eigenvalue weighted by molar-refractivity contribution is 0.0927. The van der Waals surface area contributed by atoms with E-state index in [0.29, 0.717) is 13.0 Å². The van der Waals surface area contributed by atoms with Gasteiger partial charge in [-0.1, -0.05) is 24.3 Å².